The van der Waals surface area contributed by atoms with Crippen molar-refractivity contribution in [3.05, 3.63) is 77.0 Å². The minimum atomic E-state index is -3.80. The second kappa shape index (κ2) is 9.01. The van der Waals surface area contributed by atoms with E-state index in [1.54, 1.807) is 47.7 Å². The molecular weight excluding hydrogens is 430 g/mol. The Bertz CT molecular complexity index is 1260. The van der Waals surface area contributed by atoms with Gasteiger partial charge in [0.1, 0.15) is 0 Å². The van der Waals surface area contributed by atoms with Crippen LogP contribution in [0.2, 0.25) is 0 Å². The fraction of sp³-hybridized carbons (Fsp3) is 0.182. The number of benzene rings is 2. The number of thiophene rings is 1. The molecule has 4 aromatic rings. The molecule has 0 saturated heterocycles. The molecule has 0 aliphatic carbocycles. The average molecular weight is 454 g/mol. The fourth-order valence-corrected chi connectivity index (χ4v) is 5.14. The Labute approximate surface area is 185 Å². The Balaban J connectivity index is 1.68. The van der Waals surface area contributed by atoms with Crippen LogP contribution >= 0.6 is 11.3 Å². The van der Waals surface area contributed by atoms with E-state index in [0.717, 1.165) is 0 Å². The Kier molecular flexibility index (Phi) is 6.17. The summed E-state index contributed by atoms with van der Waals surface area (Å²) in [6, 6.07) is 19.8. The van der Waals surface area contributed by atoms with Crippen molar-refractivity contribution < 1.29 is 8.42 Å². The molecule has 0 spiro atoms. The number of aromatic nitrogens is 2. The maximum Gasteiger partial charge on any atom is 0.263 e. The predicted molar refractivity (Wildman–Crippen MR) is 126 cm³/mol. The van der Waals surface area contributed by atoms with Crippen LogP contribution in [-0.2, 0) is 10.0 Å². The van der Waals surface area contributed by atoms with Crippen LogP contribution in [0, 0.1) is 0 Å². The molecule has 9 heteroatoms. The summed E-state index contributed by atoms with van der Waals surface area (Å²) >= 11 is 1.68. The van der Waals surface area contributed by atoms with Crippen molar-refractivity contribution >= 4 is 44.0 Å². The number of para-hydroxylation sites is 2. The van der Waals surface area contributed by atoms with Gasteiger partial charge in [0.05, 0.1) is 22.0 Å². The topological polar surface area (TPSA) is 87.2 Å². The Morgan fingerprint density at radius 2 is 1.55 bits per heavy atom. The van der Waals surface area contributed by atoms with E-state index in [-0.39, 0.29) is 16.8 Å². The summed E-state index contributed by atoms with van der Waals surface area (Å²) in [4.78, 5) is 12.7. The molecule has 31 heavy (non-hydrogen) atoms. The number of hydrogen-bond donors (Lipinski definition) is 2. The first-order valence-corrected chi connectivity index (χ1v) is 12.1. The summed E-state index contributed by atoms with van der Waals surface area (Å²) < 4.78 is 28.4. The van der Waals surface area contributed by atoms with Gasteiger partial charge in [0.25, 0.3) is 10.0 Å². The average Bonchev–Trinajstić information content (AvgIpc) is 3.29. The molecule has 2 aromatic carbocycles. The Morgan fingerprint density at radius 3 is 2.16 bits per heavy atom. The smallest absolute Gasteiger partial charge is 0.263 e. The first kappa shape index (κ1) is 21.2. The first-order valence-electron chi connectivity index (χ1n) is 9.72. The highest BCUT2D eigenvalue weighted by Gasteiger charge is 2.20. The van der Waals surface area contributed by atoms with Crippen molar-refractivity contribution in [2.75, 3.05) is 30.7 Å². The quantitative estimate of drug-likeness (QED) is 0.416. The van der Waals surface area contributed by atoms with E-state index in [0.29, 0.717) is 23.4 Å². The van der Waals surface area contributed by atoms with Crippen LogP contribution in [-0.4, -0.2) is 43.9 Å². The Morgan fingerprint density at radius 1 is 0.903 bits per heavy atom. The zero-order valence-electron chi connectivity index (χ0n) is 17.2. The predicted octanol–water partition coefficient (Wildman–Crippen LogP) is 4.21. The third-order valence-corrected chi connectivity index (χ3v) is 7.14. The van der Waals surface area contributed by atoms with Crippen LogP contribution in [0.15, 0.2) is 77.0 Å². The molecule has 0 radical (unpaired) electrons. The summed E-state index contributed by atoms with van der Waals surface area (Å²) in [7, 11) is 0.219. The molecule has 0 bridgehead atoms. The normalized spacial score (nSPS) is 12.7. The van der Waals surface area contributed by atoms with Gasteiger partial charge in [0.2, 0.25) is 0 Å². The van der Waals surface area contributed by atoms with Gasteiger partial charge in [-0.1, -0.05) is 36.4 Å². The van der Waals surface area contributed by atoms with Gasteiger partial charge in [0, 0.05) is 11.4 Å². The monoisotopic (exact) mass is 453 g/mol. The minimum Gasteiger partial charge on any atom is -0.365 e. The fourth-order valence-electron chi connectivity index (χ4n) is 3.19. The summed E-state index contributed by atoms with van der Waals surface area (Å²) in [6.45, 7) is 0.542. The van der Waals surface area contributed by atoms with Gasteiger partial charge in [-0.3, -0.25) is 4.72 Å². The van der Waals surface area contributed by atoms with E-state index in [1.807, 2.05) is 43.7 Å². The van der Waals surface area contributed by atoms with Gasteiger partial charge in [-0.05, 0) is 49.8 Å². The largest absolute Gasteiger partial charge is 0.365 e. The van der Waals surface area contributed by atoms with Gasteiger partial charge < -0.3 is 10.2 Å². The molecule has 0 saturated carbocycles. The first-order chi connectivity index (χ1) is 14.9. The van der Waals surface area contributed by atoms with Gasteiger partial charge in [-0.2, -0.15) is 0 Å². The second-order valence-corrected chi connectivity index (χ2v) is 9.87. The van der Waals surface area contributed by atoms with Gasteiger partial charge in [-0.25, -0.2) is 18.4 Å². The second-order valence-electron chi connectivity index (χ2n) is 7.20. The van der Waals surface area contributed by atoms with Crippen molar-refractivity contribution in [1.29, 1.82) is 0 Å². The van der Waals surface area contributed by atoms with E-state index in [1.165, 1.54) is 4.88 Å². The van der Waals surface area contributed by atoms with E-state index in [2.05, 4.69) is 31.0 Å². The number of nitrogens with one attached hydrogen (secondary N) is 2. The lowest BCUT2D eigenvalue weighted by Crippen LogP contribution is -2.27. The van der Waals surface area contributed by atoms with Gasteiger partial charge >= 0.3 is 0 Å². The lowest BCUT2D eigenvalue weighted by molar-refractivity contribution is 0.316. The summed E-state index contributed by atoms with van der Waals surface area (Å²) in [5, 5.41) is 5.36. The molecule has 0 amide bonds. The molecular formula is C22H23N5O2S2. The Hall–Kier alpha value is -3.01. The van der Waals surface area contributed by atoms with Crippen LogP contribution in [0.5, 0.6) is 0 Å². The van der Waals surface area contributed by atoms with Crippen molar-refractivity contribution in [1.82, 2.24) is 14.9 Å². The highest BCUT2D eigenvalue weighted by atomic mass is 32.2. The molecule has 0 aliphatic heterocycles. The third kappa shape index (κ3) is 4.84. The molecule has 160 valence electrons. The minimum absolute atomic E-state index is 0.104. The van der Waals surface area contributed by atoms with Crippen LogP contribution < -0.4 is 10.0 Å². The van der Waals surface area contributed by atoms with Crippen LogP contribution in [0.1, 0.15) is 10.9 Å². The van der Waals surface area contributed by atoms with Crippen molar-refractivity contribution in [2.45, 2.75) is 10.9 Å². The third-order valence-electron chi connectivity index (χ3n) is 4.81. The SMILES string of the molecule is CN(C)C(CNc1nc2ccccc2nc1NS(=O)(=O)c1ccccc1)c1cccs1. The highest BCUT2D eigenvalue weighted by molar-refractivity contribution is 7.92. The zero-order chi connectivity index (χ0) is 21.8. The lowest BCUT2D eigenvalue weighted by atomic mass is 10.2. The number of rotatable bonds is 8. The molecule has 2 heterocycles. The van der Waals surface area contributed by atoms with Crippen molar-refractivity contribution in [3.8, 4) is 0 Å². The molecule has 1 unspecified atom stereocenters. The molecule has 7 nitrogen and oxygen atoms in total. The molecule has 2 N–H and O–H groups in total. The standard InChI is InChI=1S/C22H23N5O2S2/c1-27(2)19(20-13-8-14-30-20)15-23-21-22(25-18-12-7-6-11-17(18)24-21)26-31(28,29)16-9-4-3-5-10-16/h3-14,19H,15H2,1-2H3,(H,23,24)(H,25,26). The van der Waals surface area contributed by atoms with Crippen molar-refractivity contribution in [2.24, 2.45) is 0 Å². The number of anilines is 2. The van der Waals surface area contributed by atoms with Crippen LogP contribution in [0.25, 0.3) is 11.0 Å². The number of fused-ring (bicyclic) bond motifs is 1. The maximum atomic E-state index is 12.9. The zero-order valence-corrected chi connectivity index (χ0v) is 18.8. The summed E-state index contributed by atoms with van der Waals surface area (Å²) in [6.07, 6.45) is 0. The molecule has 4 rings (SSSR count). The van der Waals surface area contributed by atoms with E-state index >= 15 is 0 Å². The van der Waals surface area contributed by atoms with E-state index in [9.17, 15) is 8.42 Å². The molecule has 1 atom stereocenters. The van der Waals surface area contributed by atoms with Gasteiger partial charge in [0.15, 0.2) is 11.6 Å². The van der Waals surface area contributed by atoms with E-state index < -0.39 is 10.0 Å². The number of sulfonamides is 1. The lowest BCUT2D eigenvalue weighted by Gasteiger charge is -2.24. The molecule has 0 fully saturated rings. The van der Waals surface area contributed by atoms with Crippen molar-refractivity contribution in [3.63, 3.8) is 0 Å². The van der Waals surface area contributed by atoms with Crippen LogP contribution in [0.4, 0.5) is 11.6 Å². The van der Waals surface area contributed by atoms with E-state index in [4.69, 9.17) is 0 Å². The highest BCUT2D eigenvalue weighted by Crippen LogP contribution is 2.27. The summed E-state index contributed by atoms with van der Waals surface area (Å²) in [5.74, 6) is 0.563. The molecule has 2 aromatic heterocycles. The molecule has 0 aliphatic rings. The number of nitrogens with zero attached hydrogens (tertiary/aromatic N) is 3. The summed E-state index contributed by atoms with van der Waals surface area (Å²) in [5.41, 5.74) is 1.30. The maximum absolute atomic E-state index is 12.9. The van der Waals surface area contributed by atoms with Gasteiger partial charge in [-0.15, -0.1) is 11.3 Å². The number of likely N-dealkylation sites (N-methyl/N-ethyl adjacent to an activating group) is 1. The van der Waals surface area contributed by atoms with Crippen LogP contribution in [0.3, 0.4) is 0 Å². The number of hydrogen-bond acceptors (Lipinski definition) is 7.